The number of pyridine rings is 1. The molecule has 0 unspecified atom stereocenters. The zero-order chi connectivity index (χ0) is 15.7. The Bertz CT molecular complexity index is 553. The van der Waals surface area contributed by atoms with Gasteiger partial charge in [-0.15, -0.1) is 0 Å². The molecule has 1 aromatic heterocycles. The molecular weight excluding hydrogens is 280 g/mol. The lowest BCUT2D eigenvalue weighted by atomic mass is 9.86. The molecule has 5 heteroatoms. The smallest absolute Gasteiger partial charge is 0.228 e. The van der Waals surface area contributed by atoms with Gasteiger partial charge in [-0.3, -0.25) is 9.69 Å². The van der Waals surface area contributed by atoms with E-state index in [4.69, 9.17) is 4.74 Å². The van der Waals surface area contributed by atoms with Crippen LogP contribution in [-0.4, -0.2) is 34.8 Å². The summed E-state index contributed by atoms with van der Waals surface area (Å²) in [6.07, 6.45) is 4.98. The van der Waals surface area contributed by atoms with Crippen molar-refractivity contribution in [2.24, 2.45) is 5.92 Å². The van der Waals surface area contributed by atoms with Gasteiger partial charge in [-0.2, -0.15) is 0 Å². The Balaban J connectivity index is 1.73. The van der Waals surface area contributed by atoms with Gasteiger partial charge in [0.2, 0.25) is 5.91 Å². The highest BCUT2D eigenvalue weighted by Crippen LogP contribution is 2.35. The molecule has 1 N–H and O–H groups in total. The normalized spacial score (nSPS) is 24.2. The highest BCUT2D eigenvalue weighted by Gasteiger charge is 2.39. The van der Waals surface area contributed by atoms with Crippen molar-refractivity contribution >= 4 is 11.7 Å². The van der Waals surface area contributed by atoms with Crippen LogP contribution in [0.4, 0.5) is 5.82 Å². The molecule has 1 aromatic rings. The minimum absolute atomic E-state index is 0.0989. The van der Waals surface area contributed by atoms with Crippen LogP contribution in [0.5, 0.6) is 5.75 Å². The average molecular weight is 304 g/mol. The molecule has 5 nitrogen and oxygen atoms in total. The van der Waals surface area contributed by atoms with Crippen molar-refractivity contribution in [2.75, 3.05) is 11.5 Å². The second-order valence-corrected chi connectivity index (χ2v) is 6.73. The number of hydrogen-bond acceptors (Lipinski definition) is 4. The molecule has 0 atom stereocenters. The first-order chi connectivity index (χ1) is 10.5. The van der Waals surface area contributed by atoms with Gasteiger partial charge in [0, 0.05) is 12.5 Å². The standard InChI is InChI=1S/C17H24N2O3/c1-11(2)5-6-22-15-7-12-3-4-16(21)19(17(12)18-10-15)13-8-14(20)9-13/h7,10-11,13-14,20H,3-6,8-9H2,1-2H3/t13-,14-. The van der Waals surface area contributed by atoms with Crippen molar-refractivity contribution in [3.63, 3.8) is 0 Å². The van der Waals surface area contributed by atoms with Crippen LogP contribution in [0.25, 0.3) is 0 Å². The first-order valence-corrected chi connectivity index (χ1v) is 8.16. The number of rotatable bonds is 5. The Labute approximate surface area is 131 Å². The number of aliphatic hydroxyl groups excluding tert-OH is 1. The summed E-state index contributed by atoms with van der Waals surface area (Å²) < 4.78 is 5.76. The molecular formula is C17H24N2O3. The molecule has 1 aliphatic heterocycles. The van der Waals surface area contributed by atoms with E-state index in [1.807, 2.05) is 6.07 Å². The molecule has 0 aromatic carbocycles. The summed E-state index contributed by atoms with van der Waals surface area (Å²) in [5.74, 6) is 2.26. The van der Waals surface area contributed by atoms with E-state index in [-0.39, 0.29) is 18.1 Å². The summed E-state index contributed by atoms with van der Waals surface area (Å²) in [4.78, 5) is 18.5. The SMILES string of the molecule is CC(C)CCOc1cnc2c(c1)CCC(=O)N2[C@H]1C[C@H](O)C1. The Hall–Kier alpha value is -1.62. The van der Waals surface area contributed by atoms with E-state index in [0.29, 0.717) is 38.2 Å². The minimum atomic E-state index is -0.276. The second-order valence-electron chi connectivity index (χ2n) is 6.73. The van der Waals surface area contributed by atoms with Crippen molar-refractivity contribution in [3.8, 4) is 5.75 Å². The van der Waals surface area contributed by atoms with Crippen LogP contribution in [0.2, 0.25) is 0 Å². The van der Waals surface area contributed by atoms with Gasteiger partial charge in [-0.05, 0) is 43.2 Å². The second kappa shape index (κ2) is 6.24. The third-order valence-corrected chi connectivity index (χ3v) is 4.44. The Morgan fingerprint density at radius 3 is 2.86 bits per heavy atom. The van der Waals surface area contributed by atoms with Crippen molar-refractivity contribution in [1.29, 1.82) is 0 Å². The predicted octanol–water partition coefficient (Wildman–Crippen LogP) is 2.31. The fraction of sp³-hybridized carbons (Fsp3) is 0.647. The van der Waals surface area contributed by atoms with Crippen LogP contribution >= 0.6 is 0 Å². The molecule has 120 valence electrons. The van der Waals surface area contributed by atoms with Gasteiger partial charge in [-0.25, -0.2) is 4.98 Å². The van der Waals surface area contributed by atoms with E-state index in [9.17, 15) is 9.90 Å². The Morgan fingerprint density at radius 1 is 1.41 bits per heavy atom. The number of ether oxygens (including phenoxy) is 1. The maximum absolute atomic E-state index is 12.2. The fourth-order valence-electron chi connectivity index (χ4n) is 3.00. The maximum atomic E-state index is 12.2. The molecule has 0 bridgehead atoms. The number of amides is 1. The number of carbonyl (C=O) groups is 1. The van der Waals surface area contributed by atoms with E-state index >= 15 is 0 Å². The lowest BCUT2D eigenvalue weighted by Gasteiger charge is -2.42. The zero-order valence-electron chi connectivity index (χ0n) is 13.3. The van der Waals surface area contributed by atoms with Crippen molar-refractivity contribution < 1.29 is 14.6 Å². The Morgan fingerprint density at radius 2 is 2.18 bits per heavy atom. The summed E-state index contributed by atoms with van der Waals surface area (Å²) in [6.45, 7) is 5.03. The Kier molecular flexibility index (Phi) is 4.34. The number of nitrogens with zero attached hydrogens (tertiary/aromatic N) is 2. The monoisotopic (exact) mass is 304 g/mol. The summed E-state index contributed by atoms with van der Waals surface area (Å²) in [5, 5.41) is 9.49. The summed E-state index contributed by atoms with van der Waals surface area (Å²) in [6, 6.07) is 2.11. The molecule has 0 spiro atoms. The first-order valence-electron chi connectivity index (χ1n) is 8.16. The molecule has 3 rings (SSSR count). The minimum Gasteiger partial charge on any atom is -0.492 e. The van der Waals surface area contributed by atoms with Crippen molar-refractivity contribution in [2.45, 2.75) is 58.1 Å². The van der Waals surface area contributed by atoms with Crippen LogP contribution in [0.1, 0.15) is 45.1 Å². The lowest BCUT2D eigenvalue weighted by molar-refractivity contribution is -0.120. The summed E-state index contributed by atoms with van der Waals surface area (Å²) in [5.41, 5.74) is 1.07. The molecule has 2 aliphatic rings. The van der Waals surface area contributed by atoms with Crippen LogP contribution in [0.3, 0.4) is 0 Å². The van der Waals surface area contributed by atoms with E-state index < -0.39 is 0 Å². The highest BCUT2D eigenvalue weighted by molar-refractivity contribution is 5.96. The van der Waals surface area contributed by atoms with E-state index in [0.717, 1.165) is 23.6 Å². The molecule has 1 amide bonds. The first kappa shape index (κ1) is 15.3. The largest absolute Gasteiger partial charge is 0.492 e. The van der Waals surface area contributed by atoms with Crippen LogP contribution < -0.4 is 9.64 Å². The molecule has 1 saturated carbocycles. The van der Waals surface area contributed by atoms with Gasteiger partial charge in [-0.1, -0.05) is 13.8 Å². The number of aromatic nitrogens is 1. The molecule has 1 fully saturated rings. The van der Waals surface area contributed by atoms with E-state index in [2.05, 4.69) is 18.8 Å². The van der Waals surface area contributed by atoms with Crippen LogP contribution in [0.15, 0.2) is 12.3 Å². The number of anilines is 1. The van der Waals surface area contributed by atoms with Crippen molar-refractivity contribution in [1.82, 2.24) is 4.98 Å². The summed E-state index contributed by atoms with van der Waals surface area (Å²) in [7, 11) is 0. The molecule has 1 aliphatic carbocycles. The molecule has 0 radical (unpaired) electrons. The number of hydrogen-bond donors (Lipinski definition) is 1. The molecule has 22 heavy (non-hydrogen) atoms. The van der Waals surface area contributed by atoms with Crippen LogP contribution in [0, 0.1) is 5.92 Å². The van der Waals surface area contributed by atoms with Gasteiger partial charge < -0.3 is 9.84 Å². The van der Waals surface area contributed by atoms with Gasteiger partial charge in [0.15, 0.2) is 0 Å². The topological polar surface area (TPSA) is 62.7 Å². The van der Waals surface area contributed by atoms with Gasteiger partial charge in [0.25, 0.3) is 0 Å². The quantitative estimate of drug-likeness (QED) is 0.906. The van der Waals surface area contributed by atoms with Gasteiger partial charge in [0.1, 0.15) is 11.6 Å². The fourth-order valence-corrected chi connectivity index (χ4v) is 3.00. The third kappa shape index (κ3) is 3.09. The number of aliphatic hydroxyl groups is 1. The van der Waals surface area contributed by atoms with E-state index in [1.54, 1.807) is 11.1 Å². The van der Waals surface area contributed by atoms with Crippen molar-refractivity contribution in [3.05, 3.63) is 17.8 Å². The van der Waals surface area contributed by atoms with Gasteiger partial charge in [0.05, 0.1) is 18.9 Å². The average Bonchev–Trinajstić information content (AvgIpc) is 2.44. The number of aryl methyl sites for hydroxylation is 1. The van der Waals surface area contributed by atoms with E-state index in [1.165, 1.54) is 0 Å². The molecule has 0 saturated heterocycles. The maximum Gasteiger partial charge on any atom is 0.228 e. The predicted molar refractivity (Wildman–Crippen MR) is 84.0 cm³/mol. The molecule has 2 heterocycles. The number of carbonyl (C=O) groups excluding carboxylic acids is 1. The third-order valence-electron chi connectivity index (χ3n) is 4.44. The zero-order valence-corrected chi connectivity index (χ0v) is 13.3. The highest BCUT2D eigenvalue weighted by atomic mass is 16.5. The number of fused-ring (bicyclic) bond motifs is 1. The van der Waals surface area contributed by atoms with Crippen LogP contribution in [-0.2, 0) is 11.2 Å². The lowest BCUT2D eigenvalue weighted by Crippen LogP contribution is -2.52. The van der Waals surface area contributed by atoms with Gasteiger partial charge >= 0.3 is 0 Å². The summed E-state index contributed by atoms with van der Waals surface area (Å²) >= 11 is 0.